The second kappa shape index (κ2) is 24.8. The number of halogens is 6. The Hall–Kier alpha value is -11.7. The number of benzene rings is 8. The maximum absolute atomic E-state index is 12.1. The molecule has 86 heavy (non-hydrogen) atoms. The van der Waals surface area contributed by atoms with E-state index in [2.05, 4.69) is 29.4 Å². The van der Waals surface area contributed by atoms with Crippen molar-refractivity contribution in [1.29, 1.82) is 0 Å². The summed E-state index contributed by atoms with van der Waals surface area (Å²) in [6, 6.07) is 42.3. The van der Waals surface area contributed by atoms with E-state index in [9.17, 15) is 45.5 Å². The van der Waals surface area contributed by atoms with Gasteiger partial charge in [-0.15, -0.1) is 26.3 Å². The van der Waals surface area contributed by atoms with Crippen molar-refractivity contribution in [3.63, 3.8) is 0 Å². The second-order valence-corrected chi connectivity index (χ2v) is 17.6. The molecule has 12 rings (SSSR count). The van der Waals surface area contributed by atoms with Crippen molar-refractivity contribution in [2.24, 2.45) is 0 Å². The molecule has 436 valence electrons. The summed E-state index contributed by atoms with van der Waals surface area (Å²) in [5.41, 5.74) is 6.46. The molecule has 0 spiro atoms. The van der Waals surface area contributed by atoms with Crippen molar-refractivity contribution in [1.82, 2.24) is 19.9 Å². The number of fused-ring (bicyclic) bond motifs is 4. The van der Waals surface area contributed by atoms with Gasteiger partial charge < -0.3 is 57.0 Å². The molecule has 12 aromatic rings. The fourth-order valence-corrected chi connectivity index (χ4v) is 7.84. The van der Waals surface area contributed by atoms with E-state index in [0.29, 0.717) is 73.2 Å². The third-order valence-corrected chi connectivity index (χ3v) is 11.8. The molecule has 26 heteroatoms. The minimum atomic E-state index is -4.76. The lowest BCUT2D eigenvalue weighted by Crippen LogP contribution is -2.16. The zero-order valence-electron chi connectivity index (χ0n) is 43.9. The van der Waals surface area contributed by atoms with E-state index in [0.717, 1.165) is 35.4 Å². The van der Waals surface area contributed by atoms with Gasteiger partial charge >= 0.3 is 36.6 Å². The number of alkyl halides is 6. The lowest BCUT2D eigenvalue weighted by Gasteiger charge is -2.08. The van der Waals surface area contributed by atoms with Gasteiger partial charge in [0.2, 0.25) is 23.6 Å². The molecule has 0 saturated carbocycles. The number of nitrogens with zero attached hydrogens (tertiary/aromatic N) is 4. The van der Waals surface area contributed by atoms with Crippen LogP contribution in [-0.4, -0.2) is 91.2 Å². The fourth-order valence-electron chi connectivity index (χ4n) is 7.84. The number of oxazole rings is 4. The number of aromatic carboxylic acids is 4. The minimum absolute atomic E-state index is 0.0501. The summed E-state index contributed by atoms with van der Waals surface area (Å²) in [6.45, 7) is 0. The van der Waals surface area contributed by atoms with Gasteiger partial charge in [-0.1, -0.05) is 12.1 Å². The largest absolute Gasteiger partial charge is 0.573 e. The first-order valence-corrected chi connectivity index (χ1v) is 24.5. The van der Waals surface area contributed by atoms with Gasteiger partial charge in [0.15, 0.2) is 22.3 Å². The van der Waals surface area contributed by atoms with Crippen LogP contribution in [0.2, 0.25) is 0 Å². The highest BCUT2D eigenvalue weighted by Crippen LogP contribution is 2.33. The number of hydrogen-bond acceptors (Lipinski definition) is 16. The molecule has 0 amide bonds. The first-order valence-electron chi connectivity index (χ1n) is 24.5. The Bertz CT molecular complexity index is 4170. The Morgan fingerprint density at radius 2 is 0.663 bits per heavy atom. The van der Waals surface area contributed by atoms with Crippen molar-refractivity contribution < 1.29 is 103 Å². The Morgan fingerprint density at radius 3 is 1.00 bits per heavy atom. The predicted octanol–water partition coefficient (Wildman–Crippen LogP) is 14.6. The summed E-state index contributed by atoms with van der Waals surface area (Å²) in [4.78, 5) is 60.6. The van der Waals surface area contributed by atoms with E-state index in [1.807, 2.05) is 48.5 Å². The molecule has 0 aliphatic rings. The highest BCUT2D eigenvalue weighted by molar-refractivity contribution is 5.95. The molecule has 0 atom stereocenters. The first-order chi connectivity index (χ1) is 41.0. The van der Waals surface area contributed by atoms with Gasteiger partial charge in [0.25, 0.3) is 0 Å². The van der Waals surface area contributed by atoms with Gasteiger partial charge in [0.05, 0.1) is 36.5 Å². The standard InChI is InChI=1S/2C15H8F3NO4.2C15H11NO4/c16-15(17,18)23-10-4-1-8(2-5-10)13-19-11-7-9(14(20)21)3-6-12(11)22-13;16-15(17,18)23-10-4-1-8(2-5-10)13-19-11-6-3-9(14(20)21)7-12(11)22-13;1-19-11-4-2-3-9(7-11)14-16-12-8-10(15(17)18)5-6-13(12)20-14;1-19-11-4-2-3-9(7-11)14-16-12-6-5-10(15(17)18)8-13(12)20-14/h2*1-7H,(H,20,21);2*2-8H,1H3,(H,17,18). The summed E-state index contributed by atoms with van der Waals surface area (Å²) >= 11 is 0. The van der Waals surface area contributed by atoms with E-state index >= 15 is 0 Å². The molecule has 4 N–H and O–H groups in total. The molecular weight excluding hydrogens is 1150 g/mol. The average Bonchev–Trinajstić information content (AvgIpc) is 2.38. The molecule has 0 aliphatic heterocycles. The van der Waals surface area contributed by atoms with Crippen molar-refractivity contribution in [2.45, 2.75) is 12.7 Å². The van der Waals surface area contributed by atoms with Crippen LogP contribution in [0.15, 0.2) is 188 Å². The van der Waals surface area contributed by atoms with Crippen LogP contribution in [0, 0.1) is 0 Å². The molecule has 4 heterocycles. The number of carboxylic acid groups (broad SMARTS) is 4. The van der Waals surface area contributed by atoms with Gasteiger partial charge in [-0.05, 0) is 158 Å². The monoisotopic (exact) mass is 1180 g/mol. The van der Waals surface area contributed by atoms with Crippen molar-refractivity contribution in [2.75, 3.05) is 14.2 Å². The van der Waals surface area contributed by atoms with Crippen LogP contribution in [0.25, 0.3) is 90.2 Å². The Balaban J connectivity index is 0.000000137. The van der Waals surface area contributed by atoms with Crippen molar-refractivity contribution >= 4 is 68.3 Å². The molecular formula is C60H38F6N4O16. The van der Waals surface area contributed by atoms with Crippen LogP contribution in [0.5, 0.6) is 23.0 Å². The summed E-state index contributed by atoms with van der Waals surface area (Å²) in [5, 5.41) is 35.8. The molecule has 0 unspecified atom stereocenters. The smallest absolute Gasteiger partial charge is 0.497 e. The van der Waals surface area contributed by atoms with E-state index < -0.39 is 36.6 Å². The summed E-state index contributed by atoms with van der Waals surface area (Å²) < 4.78 is 113. The lowest BCUT2D eigenvalue weighted by atomic mass is 10.2. The normalized spacial score (nSPS) is 11.2. The van der Waals surface area contributed by atoms with Crippen LogP contribution in [0.1, 0.15) is 41.4 Å². The van der Waals surface area contributed by atoms with E-state index in [1.54, 1.807) is 26.4 Å². The Morgan fingerprint density at radius 1 is 0.349 bits per heavy atom. The van der Waals surface area contributed by atoms with Gasteiger partial charge in [-0.2, -0.15) is 0 Å². The maximum Gasteiger partial charge on any atom is 0.573 e. The minimum Gasteiger partial charge on any atom is -0.497 e. The molecule has 0 saturated heterocycles. The van der Waals surface area contributed by atoms with Crippen LogP contribution in [0.4, 0.5) is 26.3 Å². The van der Waals surface area contributed by atoms with Crippen LogP contribution >= 0.6 is 0 Å². The van der Waals surface area contributed by atoms with Gasteiger partial charge in [-0.3, -0.25) is 0 Å². The quantitative estimate of drug-likeness (QED) is 0.0827. The molecule has 0 bridgehead atoms. The first kappa shape index (κ1) is 58.9. The number of aromatic nitrogens is 4. The Kier molecular flexibility index (Phi) is 17.0. The summed E-state index contributed by atoms with van der Waals surface area (Å²) in [5.74, 6) is -2.28. The van der Waals surface area contributed by atoms with Crippen molar-refractivity contribution in [3.8, 4) is 68.8 Å². The number of carbonyl (C=O) groups is 4. The van der Waals surface area contributed by atoms with E-state index in [-0.39, 0.29) is 51.1 Å². The lowest BCUT2D eigenvalue weighted by molar-refractivity contribution is -0.275. The predicted molar refractivity (Wildman–Crippen MR) is 292 cm³/mol. The van der Waals surface area contributed by atoms with Crippen LogP contribution < -0.4 is 18.9 Å². The summed E-state index contributed by atoms with van der Waals surface area (Å²) in [7, 11) is 3.18. The fraction of sp³-hybridized carbons (Fsp3) is 0.0667. The topological polar surface area (TPSA) is 290 Å². The zero-order chi connectivity index (χ0) is 61.5. The van der Waals surface area contributed by atoms with Crippen LogP contribution in [0.3, 0.4) is 0 Å². The zero-order valence-corrected chi connectivity index (χ0v) is 43.9. The number of rotatable bonds is 12. The number of methoxy groups -OCH3 is 2. The van der Waals surface area contributed by atoms with Gasteiger partial charge in [0.1, 0.15) is 45.1 Å². The molecule has 4 aromatic heterocycles. The van der Waals surface area contributed by atoms with Gasteiger partial charge in [-0.25, -0.2) is 39.1 Å². The SMILES string of the molecule is COc1cccc(-c2nc3cc(C(=O)O)ccc3o2)c1.COc1cccc(-c2nc3ccc(C(=O)O)cc3o2)c1.O=C(O)c1ccc2nc(-c3ccc(OC(F)(F)F)cc3)oc2c1.O=C(O)c1ccc2oc(-c3ccc(OC(F)(F)F)cc3)nc2c1. The molecule has 0 fully saturated rings. The molecule has 0 aliphatic carbocycles. The molecule has 0 radical (unpaired) electrons. The third kappa shape index (κ3) is 14.7. The van der Waals surface area contributed by atoms with E-state index in [4.69, 9.17) is 47.6 Å². The number of hydrogen-bond donors (Lipinski definition) is 4. The van der Waals surface area contributed by atoms with Crippen LogP contribution in [-0.2, 0) is 0 Å². The summed E-state index contributed by atoms with van der Waals surface area (Å²) in [6.07, 6.45) is -9.52. The highest BCUT2D eigenvalue weighted by atomic mass is 19.4. The van der Waals surface area contributed by atoms with Gasteiger partial charge in [0, 0.05) is 22.3 Å². The maximum atomic E-state index is 12.1. The molecule has 20 nitrogen and oxygen atoms in total. The second-order valence-electron chi connectivity index (χ2n) is 17.6. The molecule has 8 aromatic carbocycles. The number of carboxylic acids is 4. The highest BCUT2D eigenvalue weighted by Gasteiger charge is 2.32. The average molecular weight is 1180 g/mol. The van der Waals surface area contributed by atoms with E-state index in [1.165, 1.54) is 84.9 Å². The van der Waals surface area contributed by atoms with Crippen molar-refractivity contribution in [3.05, 3.63) is 192 Å². The number of ether oxygens (including phenoxy) is 4. The Labute approximate surface area is 477 Å². The third-order valence-electron chi connectivity index (χ3n) is 11.8.